The lowest BCUT2D eigenvalue weighted by Gasteiger charge is -2.27. The number of nitrogens with zero attached hydrogens (tertiary/aromatic N) is 1. The highest BCUT2D eigenvalue weighted by molar-refractivity contribution is 6.55. The Morgan fingerprint density at radius 2 is 1.19 bits per heavy atom. The standard InChI is InChI=1S/C22H27Cl2NO2/c23-17-14-12-16(13-15-17)19-20(24)22(27)25(21(19)26)18-10-8-6-4-2-1-3-5-7-9-11-18/h12-15,18H,1-11H2. The molecule has 0 unspecified atom stereocenters. The van der Waals surface area contributed by atoms with Gasteiger partial charge in [0, 0.05) is 11.1 Å². The molecule has 3 nitrogen and oxygen atoms in total. The maximum atomic E-state index is 13.1. The molecule has 0 radical (unpaired) electrons. The van der Waals surface area contributed by atoms with E-state index < -0.39 is 0 Å². The van der Waals surface area contributed by atoms with Crippen molar-refractivity contribution in [1.82, 2.24) is 4.90 Å². The molecule has 0 atom stereocenters. The van der Waals surface area contributed by atoms with E-state index in [2.05, 4.69) is 0 Å². The molecule has 5 heteroatoms. The highest BCUT2D eigenvalue weighted by atomic mass is 35.5. The molecule has 0 bridgehead atoms. The SMILES string of the molecule is O=C1C(Cl)=C(c2ccc(Cl)cc2)C(=O)N1C1CCCCCCCCCCC1. The van der Waals surface area contributed by atoms with Crippen molar-refractivity contribution in [2.75, 3.05) is 0 Å². The zero-order valence-electron chi connectivity index (χ0n) is 15.7. The van der Waals surface area contributed by atoms with Crippen molar-refractivity contribution in [3.05, 3.63) is 39.9 Å². The molecule has 2 amide bonds. The number of amides is 2. The van der Waals surface area contributed by atoms with Gasteiger partial charge in [-0.1, -0.05) is 93.1 Å². The molecule has 1 saturated carbocycles. The van der Waals surface area contributed by atoms with E-state index in [-0.39, 0.29) is 22.9 Å². The van der Waals surface area contributed by atoms with Crippen LogP contribution in [0.4, 0.5) is 0 Å². The lowest BCUT2D eigenvalue weighted by Crippen LogP contribution is -2.41. The van der Waals surface area contributed by atoms with E-state index in [0.29, 0.717) is 16.2 Å². The Kier molecular flexibility index (Phi) is 7.37. The topological polar surface area (TPSA) is 37.4 Å². The van der Waals surface area contributed by atoms with Crippen LogP contribution in [0.1, 0.15) is 76.2 Å². The van der Waals surface area contributed by atoms with Crippen LogP contribution >= 0.6 is 23.2 Å². The Hall–Kier alpha value is -1.32. The molecule has 146 valence electrons. The van der Waals surface area contributed by atoms with Crippen molar-refractivity contribution < 1.29 is 9.59 Å². The second-order valence-corrected chi connectivity index (χ2v) is 8.40. The molecule has 1 aromatic carbocycles. The van der Waals surface area contributed by atoms with Crippen LogP contribution in [0, 0.1) is 0 Å². The van der Waals surface area contributed by atoms with Crippen LogP contribution in [0.15, 0.2) is 29.3 Å². The zero-order chi connectivity index (χ0) is 19.2. The minimum atomic E-state index is -0.344. The fraction of sp³-hybridized carbons (Fsp3) is 0.545. The number of halogens is 2. The van der Waals surface area contributed by atoms with Gasteiger partial charge < -0.3 is 0 Å². The predicted molar refractivity (Wildman–Crippen MR) is 111 cm³/mol. The Bertz CT molecular complexity index is 700. The molecular weight excluding hydrogens is 381 g/mol. The van der Waals surface area contributed by atoms with Gasteiger partial charge in [0.25, 0.3) is 11.8 Å². The molecule has 1 aliphatic carbocycles. The molecule has 1 aromatic rings. The summed E-state index contributed by atoms with van der Waals surface area (Å²) in [7, 11) is 0. The predicted octanol–water partition coefficient (Wildman–Crippen LogP) is 6.33. The molecule has 0 saturated heterocycles. The molecule has 3 rings (SSSR count). The molecule has 1 heterocycles. The minimum absolute atomic E-state index is 0.0356. The zero-order valence-corrected chi connectivity index (χ0v) is 17.2. The van der Waals surface area contributed by atoms with E-state index in [9.17, 15) is 9.59 Å². The van der Waals surface area contributed by atoms with Crippen LogP contribution in [-0.4, -0.2) is 22.8 Å². The first kappa shape index (κ1) is 20.4. The van der Waals surface area contributed by atoms with E-state index >= 15 is 0 Å². The maximum Gasteiger partial charge on any atom is 0.273 e. The number of rotatable bonds is 2. The summed E-state index contributed by atoms with van der Waals surface area (Å²) in [5, 5.41) is 0.622. The number of benzene rings is 1. The van der Waals surface area contributed by atoms with Gasteiger partial charge >= 0.3 is 0 Å². The van der Waals surface area contributed by atoms with E-state index in [1.165, 1.54) is 37.0 Å². The van der Waals surface area contributed by atoms with Crippen LogP contribution in [0.5, 0.6) is 0 Å². The molecule has 27 heavy (non-hydrogen) atoms. The van der Waals surface area contributed by atoms with E-state index in [0.717, 1.165) is 38.5 Å². The van der Waals surface area contributed by atoms with Gasteiger partial charge in [0.15, 0.2) is 0 Å². The maximum absolute atomic E-state index is 13.1. The molecule has 0 spiro atoms. The van der Waals surface area contributed by atoms with Crippen molar-refractivity contribution in [2.45, 2.75) is 76.7 Å². The van der Waals surface area contributed by atoms with E-state index in [4.69, 9.17) is 23.2 Å². The Morgan fingerprint density at radius 3 is 1.70 bits per heavy atom. The van der Waals surface area contributed by atoms with Crippen molar-refractivity contribution in [3.63, 3.8) is 0 Å². The molecule has 0 N–H and O–H groups in total. The monoisotopic (exact) mass is 407 g/mol. The summed E-state index contributed by atoms with van der Waals surface area (Å²) in [5.41, 5.74) is 0.961. The normalized spacial score (nSPS) is 21.3. The fourth-order valence-electron chi connectivity index (χ4n) is 4.12. The van der Waals surface area contributed by atoms with Gasteiger partial charge in [0.05, 0.1) is 5.57 Å². The van der Waals surface area contributed by atoms with Gasteiger partial charge in [0.1, 0.15) is 5.03 Å². The Labute approximate surface area is 171 Å². The number of imide groups is 1. The average molecular weight is 408 g/mol. The third-order valence-electron chi connectivity index (χ3n) is 5.63. The summed E-state index contributed by atoms with van der Waals surface area (Å²) < 4.78 is 0. The van der Waals surface area contributed by atoms with Crippen molar-refractivity contribution in [2.24, 2.45) is 0 Å². The molecular formula is C22H27Cl2NO2. The van der Waals surface area contributed by atoms with E-state index in [1.54, 1.807) is 24.3 Å². The first-order valence-corrected chi connectivity index (χ1v) is 10.9. The van der Waals surface area contributed by atoms with Gasteiger partial charge in [-0.05, 0) is 30.5 Å². The van der Waals surface area contributed by atoms with Gasteiger partial charge in [-0.15, -0.1) is 0 Å². The highest BCUT2D eigenvalue weighted by Crippen LogP contribution is 2.35. The second-order valence-electron chi connectivity index (χ2n) is 7.59. The third-order valence-corrected chi connectivity index (χ3v) is 6.23. The number of hydrogen-bond acceptors (Lipinski definition) is 2. The average Bonchev–Trinajstić information content (AvgIpc) is 2.86. The number of hydrogen-bond donors (Lipinski definition) is 0. The van der Waals surface area contributed by atoms with E-state index in [1.807, 2.05) is 0 Å². The first-order chi connectivity index (χ1) is 13.1. The largest absolute Gasteiger partial charge is 0.273 e. The van der Waals surface area contributed by atoms with Crippen molar-refractivity contribution >= 4 is 40.6 Å². The third kappa shape index (κ3) is 4.94. The quantitative estimate of drug-likeness (QED) is 0.536. The highest BCUT2D eigenvalue weighted by Gasteiger charge is 2.41. The molecule has 1 fully saturated rings. The number of carbonyl (C=O) groups is 2. The summed E-state index contributed by atoms with van der Waals surface area (Å²) >= 11 is 12.3. The van der Waals surface area contributed by atoms with Gasteiger partial charge in [-0.25, -0.2) is 0 Å². The lowest BCUT2D eigenvalue weighted by molar-refractivity contribution is -0.139. The van der Waals surface area contributed by atoms with Gasteiger partial charge in [-0.2, -0.15) is 0 Å². The van der Waals surface area contributed by atoms with Crippen molar-refractivity contribution in [3.8, 4) is 0 Å². The fourth-order valence-corrected chi connectivity index (χ4v) is 4.52. The van der Waals surface area contributed by atoms with Crippen LogP contribution in [0.3, 0.4) is 0 Å². The summed E-state index contributed by atoms with van der Waals surface area (Å²) in [6.45, 7) is 0. The molecule has 0 aromatic heterocycles. The van der Waals surface area contributed by atoms with Gasteiger partial charge in [-0.3, -0.25) is 14.5 Å². The number of carbonyl (C=O) groups excluding carboxylic acids is 2. The van der Waals surface area contributed by atoms with Crippen LogP contribution in [0.25, 0.3) is 5.57 Å². The summed E-state index contributed by atoms with van der Waals surface area (Å²) in [5.74, 6) is -0.604. The summed E-state index contributed by atoms with van der Waals surface area (Å²) in [4.78, 5) is 27.4. The first-order valence-electron chi connectivity index (χ1n) is 10.1. The van der Waals surface area contributed by atoms with Crippen LogP contribution in [-0.2, 0) is 9.59 Å². The van der Waals surface area contributed by atoms with Crippen LogP contribution < -0.4 is 0 Å². The minimum Gasteiger partial charge on any atom is -0.270 e. The second kappa shape index (κ2) is 9.75. The molecule has 2 aliphatic rings. The van der Waals surface area contributed by atoms with Crippen molar-refractivity contribution in [1.29, 1.82) is 0 Å². The summed E-state index contributed by atoms with van der Waals surface area (Å²) in [6, 6.07) is 6.86. The Balaban J connectivity index is 1.77. The smallest absolute Gasteiger partial charge is 0.270 e. The van der Waals surface area contributed by atoms with Crippen LogP contribution in [0.2, 0.25) is 5.02 Å². The summed E-state index contributed by atoms with van der Waals surface area (Å²) in [6.07, 6.45) is 12.6. The Morgan fingerprint density at radius 1 is 0.704 bits per heavy atom. The lowest BCUT2D eigenvalue weighted by atomic mass is 9.96. The van der Waals surface area contributed by atoms with Gasteiger partial charge in [0.2, 0.25) is 0 Å². The molecule has 1 aliphatic heterocycles.